The number of nitrogens with zero attached hydrogens (tertiary/aromatic N) is 3. The average Bonchev–Trinajstić information content (AvgIpc) is 3.19. The predicted molar refractivity (Wildman–Crippen MR) is 84.3 cm³/mol. The molecule has 7 nitrogen and oxygen atoms in total. The van der Waals surface area contributed by atoms with Crippen molar-refractivity contribution in [2.45, 2.75) is 6.42 Å². The van der Waals surface area contributed by atoms with E-state index in [0.717, 1.165) is 11.5 Å². The van der Waals surface area contributed by atoms with Crippen LogP contribution in [0.25, 0.3) is 11.6 Å². The third-order valence-corrected chi connectivity index (χ3v) is 2.95. The molecule has 0 saturated heterocycles. The Balaban J connectivity index is 1.53. The van der Waals surface area contributed by atoms with Crippen molar-refractivity contribution < 1.29 is 4.42 Å². The van der Waals surface area contributed by atoms with E-state index in [2.05, 4.69) is 25.5 Å². The molecule has 2 heterocycles. The van der Waals surface area contributed by atoms with Gasteiger partial charge in [-0.25, -0.2) is 4.98 Å². The van der Waals surface area contributed by atoms with Gasteiger partial charge in [-0.05, 0) is 24.3 Å². The van der Waals surface area contributed by atoms with Gasteiger partial charge in [0.25, 0.3) is 0 Å². The highest BCUT2D eigenvalue weighted by Crippen LogP contribution is 2.14. The highest BCUT2D eigenvalue weighted by Gasteiger charge is 2.07. The highest BCUT2D eigenvalue weighted by atomic mass is 16.3. The zero-order valence-electron chi connectivity index (χ0n) is 11.9. The Kier molecular flexibility index (Phi) is 4.15. The Morgan fingerprint density at radius 3 is 2.86 bits per heavy atom. The monoisotopic (exact) mass is 296 g/mol. The first-order chi connectivity index (χ1) is 10.8. The van der Waals surface area contributed by atoms with E-state index in [0.29, 0.717) is 30.5 Å². The van der Waals surface area contributed by atoms with Gasteiger partial charge in [0.1, 0.15) is 5.82 Å². The van der Waals surface area contributed by atoms with E-state index in [1.54, 1.807) is 12.3 Å². The number of rotatable bonds is 5. The molecule has 0 atom stereocenters. The number of anilines is 1. The fourth-order valence-corrected chi connectivity index (χ4v) is 1.91. The van der Waals surface area contributed by atoms with Crippen LogP contribution in [0.4, 0.5) is 5.69 Å². The number of benzene rings is 1. The van der Waals surface area contributed by atoms with E-state index >= 15 is 0 Å². The second-order valence-corrected chi connectivity index (χ2v) is 4.59. The van der Waals surface area contributed by atoms with Crippen LogP contribution >= 0.6 is 0 Å². The summed E-state index contributed by atoms with van der Waals surface area (Å²) in [6.45, 7) is 0.512. The largest absolute Gasteiger partial charge is 0.461 e. The standard InChI is InChI=1S/C15H16N6O/c16-15(18-11-5-2-1-3-6-11)17-9-8-13-19-14(21-20-13)12-7-4-10-22-12/h1-7,10H,8-9H2,(H3,16,17,18)(H,19,20,21). The van der Waals surface area contributed by atoms with Gasteiger partial charge in [0.15, 0.2) is 11.7 Å². The third kappa shape index (κ3) is 3.51. The first-order valence-electron chi connectivity index (χ1n) is 6.88. The molecule has 2 aromatic heterocycles. The Morgan fingerprint density at radius 1 is 1.23 bits per heavy atom. The number of aromatic nitrogens is 3. The molecule has 0 aliphatic carbocycles. The maximum atomic E-state index is 5.83. The second-order valence-electron chi connectivity index (χ2n) is 4.59. The lowest BCUT2D eigenvalue weighted by Gasteiger charge is -2.04. The molecule has 0 aliphatic heterocycles. The molecule has 0 fully saturated rings. The van der Waals surface area contributed by atoms with Gasteiger partial charge in [0, 0.05) is 18.7 Å². The average molecular weight is 296 g/mol. The minimum atomic E-state index is 0.372. The molecule has 0 radical (unpaired) electrons. The van der Waals surface area contributed by atoms with Crippen molar-refractivity contribution in [2.24, 2.45) is 10.7 Å². The topological polar surface area (TPSA) is 105 Å². The minimum absolute atomic E-state index is 0.372. The molecule has 0 aliphatic rings. The predicted octanol–water partition coefficient (Wildman–Crippen LogP) is 2.03. The van der Waals surface area contributed by atoms with Gasteiger partial charge < -0.3 is 15.5 Å². The summed E-state index contributed by atoms with van der Waals surface area (Å²) in [5, 5.41) is 9.99. The van der Waals surface area contributed by atoms with Crippen LogP contribution in [-0.2, 0) is 6.42 Å². The molecule has 0 spiro atoms. The minimum Gasteiger partial charge on any atom is -0.461 e. The molecule has 0 bridgehead atoms. The van der Waals surface area contributed by atoms with Gasteiger partial charge in [-0.3, -0.25) is 10.1 Å². The zero-order valence-corrected chi connectivity index (χ0v) is 11.9. The molecule has 4 N–H and O–H groups in total. The van der Waals surface area contributed by atoms with Crippen molar-refractivity contribution in [3.63, 3.8) is 0 Å². The van der Waals surface area contributed by atoms with Crippen molar-refractivity contribution in [1.82, 2.24) is 15.2 Å². The van der Waals surface area contributed by atoms with Crippen molar-refractivity contribution >= 4 is 11.6 Å². The fraction of sp³-hybridized carbons (Fsp3) is 0.133. The van der Waals surface area contributed by atoms with Crippen molar-refractivity contribution in [2.75, 3.05) is 11.9 Å². The summed E-state index contributed by atoms with van der Waals surface area (Å²) in [7, 11) is 0. The van der Waals surface area contributed by atoms with Crippen LogP contribution < -0.4 is 11.1 Å². The van der Waals surface area contributed by atoms with Crippen molar-refractivity contribution in [3.8, 4) is 11.6 Å². The molecule has 0 unspecified atom stereocenters. The van der Waals surface area contributed by atoms with E-state index in [1.165, 1.54) is 0 Å². The lowest BCUT2D eigenvalue weighted by atomic mass is 10.3. The van der Waals surface area contributed by atoms with Crippen LogP contribution in [0.2, 0.25) is 0 Å². The SMILES string of the molecule is NC(=NCCc1nc(-c2ccco2)n[nH]1)Nc1ccccc1. The van der Waals surface area contributed by atoms with E-state index in [1.807, 2.05) is 36.4 Å². The van der Waals surface area contributed by atoms with Gasteiger partial charge in [-0.1, -0.05) is 18.2 Å². The summed E-state index contributed by atoms with van der Waals surface area (Å²) in [4.78, 5) is 8.60. The van der Waals surface area contributed by atoms with Crippen LogP contribution in [0.3, 0.4) is 0 Å². The van der Waals surface area contributed by atoms with E-state index in [-0.39, 0.29) is 0 Å². The smallest absolute Gasteiger partial charge is 0.216 e. The van der Waals surface area contributed by atoms with Crippen LogP contribution in [0.5, 0.6) is 0 Å². The lowest BCUT2D eigenvalue weighted by Crippen LogP contribution is -2.23. The van der Waals surface area contributed by atoms with Gasteiger partial charge in [0.05, 0.1) is 6.26 Å². The molecule has 22 heavy (non-hydrogen) atoms. The first-order valence-corrected chi connectivity index (χ1v) is 6.88. The Morgan fingerprint density at radius 2 is 2.09 bits per heavy atom. The number of aromatic amines is 1. The number of nitrogens with two attached hydrogens (primary N) is 1. The number of aliphatic imine (C=N–C) groups is 1. The highest BCUT2D eigenvalue weighted by molar-refractivity contribution is 5.92. The number of hydrogen-bond donors (Lipinski definition) is 3. The number of guanidine groups is 1. The number of nitrogens with one attached hydrogen (secondary N) is 2. The summed E-state index contributed by atoms with van der Waals surface area (Å²) in [6, 6.07) is 13.3. The molecule has 7 heteroatoms. The maximum Gasteiger partial charge on any atom is 0.216 e. The van der Waals surface area contributed by atoms with Crippen molar-refractivity contribution in [3.05, 3.63) is 54.6 Å². The molecular formula is C15H16N6O. The number of hydrogen-bond acceptors (Lipinski definition) is 4. The van der Waals surface area contributed by atoms with Crippen LogP contribution in [0, 0.1) is 0 Å². The molecular weight excluding hydrogens is 280 g/mol. The van der Waals surface area contributed by atoms with Crippen LogP contribution in [0.15, 0.2) is 58.1 Å². The Labute approximate surface area is 127 Å². The van der Waals surface area contributed by atoms with Gasteiger partial charge >= 0.3 is 0 Å². The molecule has 112 valence electrons. The van der Waals surface area contributed by atoms with E-state index in [4.69, 9.17) is 10.2 Å². The third-order valence-electron chi connectivity index (χ3n) is 2.95. The number of furan rings is 1. The second kappa shape index (κ2) is 6.57. The molecule has 0 amide bonds. The quantitative estimate of drug-likeness (QED) is 0.493. The van der Waals surface area contributed by atoms with Crippen LogP contribution in [-0.4, -0.2) is 27.7 Å². The molecule has 3 rings (SSSR count). The zero-order chi connectivity index (χ0) is 15.2. The van der Waals surface area contributed by atoms with Crippen LogP contribution in [0.1, 0.15) is 5.82 Å². The lowest BCUT2D eigenvalue weighted by molar-refractivity contribution is 0.577. The molecule has 0 saturated carbocycles. The summed E-state index contributed by atoms with van der Waals surface area (Å²) < 4.78 is 5.24. The normalized spacial score (nSPS) is 11.5. The summed E-state index contributed by atoms with van der Waals surface area (Å²) in [5.74, 6) is 2.29. The summed E-state index contributed by atoms with van der Waals surface area (Å²) in [5.41, 5.74) is 6.74. The number of H-pyrrole nitrogens is 1. The molecule has 3 aromatic rings. The Bertz CT molecular complexity index is 733. The fourth-order valence-electron chi connectivity index (χ4n) is 1.91. The van der Waals surface area contributed by atoms with Crippen molar-refractivity contribution in [1.29, 1.82) is 0 Å². The maximum absolute atomic E-state index is 5.83. The summed E-state index contributed by atoms with van der Waals surface area (Å²) in [6.07, 6.45) is 2.20. The van der Waals surface area contributed by atoms with E-state index < -0.39 is 0 Å². The van der Waals surface area contributed by atoms with Gasteiger partial charge in [0.2, 0.25) is 5.82 Å². The van der Waals surface area contributed by atoms with Gasteiger partial charge in [-0.2, -0.15) is 5.10 Å². The summed E-state index contributed by atoms with van der Waals surface area (Å²) >= 11 is 0. The van der Waals surface area contributed by atoms with Gasteiger partial charge in [-0.15, -0.1) is 0 Å². The first kappa shape index (κ1) is 13.9. The van der Waals surface area contributed by atoms with E-state index in [9.17, 15) is 0 Å². The molecule has 1 aromatic carbocycles. The Hall–Kier alpha value is -3.09. The number of para-hydroxylation sites is 1.